The molecule has 0 fully saturated rings. The molecule has 8 aromatic carbocycles. The molecule has 0 saturated carbocycles. The first-order chi connectivity index (χ1) is 26.3. The number of rotatable bonds is 3. The molecule has 53 heavy (non-hydrogen) atoms. The molecule has 4 nitrogen and oxygen atoms in total. The molecule has 0 radical (unpaired) electrons. The number of benzene rings is 8. The van der Waals surface area contributed by atoms with E-state index in [-0.39, 0.29) is 6.04 Å². The lowest BCUT2D eigenvalue weighted by atomic mass is 9.97. The number of amidine groups is 1. The highest BCUT2D eigenvalue weighted by Crippen LogP contribution is 2.47. The number of aliphatic imine (C=N–C) groups is 1. The fourth-order valence-corrected chi connectivity index (χ4v) is 9.85. The third-order valence-electron chi connectivity index (χ3n) is 11.0. The van der Waals surface area contributed by atoms with Gasteiger partial charge in [-0.3, -0.25) is 0 Å². The zero-order chi connectivity index (χ0) is 34.6. The molecule has 1 aliphatic rings. The lowest BCUT2D eigenvalue weighted by Gasteiger charge is -2.26. The van der Waals surface area contributed by atoms with Crippen LogP contribution in [0.5, 0.6) is 0 Å². The average molecular weight is 696 g/mol. The number of para-hydroxylation sites is 2. The van der Waals surface area contributed by atoms with Gasteiger partial charge in [0.25, 0.3) is 0 Å². The van der Waals surface area contributed by atoms with Gasteiger partial charge in [0.05, 0.1) is 38.9 Å². The number of aromatic nitrogens is 1. The van der Waals surface area contributed by atoms with Gasteiger partial charge in [0, 0.05) is 31.6 Å². The quantitative estimate of drug-likeness (QED) is 0.200. The van der Waals surface area contributed by atoms with Gasteiger partial charge >= 0.3 is 0 Å². The molecular formula is C48H29N3OS. The minimum Gasteiger partial charge on any atom is -0.453 e. The summed E-state index contributed by atoms with van der Waals surface area (Å²) in [6, 6.07) is 58.7. The summed E-state index contributed by atoms with van der Waals surface area (Å²) in [5.41, 5.74) is 8.20. The van der Waals surface area contributed by atoms with Crippen molar-refractivity contribution in [3.63, 3.8) is 0 Å². The van der Waals surface area contributed by atoms with Crippen LogP contribution < -0.4 is 5.32 Å². The van der Waals surface area contributed by atoms with Gasteiger partial charge in [-0.1, -0.05) is 127 Å². The van der Waals surface area contributed by atoms with Crippen LogP contribution in [0, 0.1) is 0 Å². The first kappa shape index (κ1) is 28.9. The molecule has 248 valence electrons. The Kier molecular flexibility index (Phi) is 5.96. The molecule has 1 atom stereocenters. The molecular weight excluding hydrogens is 667 g/mol. The number of nitrogens with zero attached hydrogens (tertiary/aromatic N) is 2. The second-order valence-electron chi connectivity index (χ2n) is 13.9. The Labute approximate surface area is 307 Å². The minimum absolute atomic E-state index is 0.0509. The maximum atomic E-state index is 7.24. The van der Waals surface area contributed by atoms with Crippen molar-refractivity contribution in [3.05, 3.63) is 180 Å². The fraction of sp³-hybridized carbons (Fsp3) is 0.0208. The SMILES string of the molecule is c1ccc(C2NC(c3cc4ccccc4c4c3oc3c(-n5c6ccccc6c6cc7ccccc7cc65)cccc34)=Nc3c2sc2ccccc32)cc1. The van der Waals surface area contributed by atoms with Crippen LogP contribution in [-0.4, -0.2) is 10.4 Å². The molecule has 1 unspecified atom stereocenters. The lowest BCUT2D eigenvalue weighted by Crippen LogP contribution is -2.32. The molecule has 5 heteroatoms. The van der Waals surface area contributed by atoms with Crippen molar-refractivity contribution in [3.8, 4) is 5.69 Å². The third-order valence-corrected chi connectivity index (χ3v) is 12.2. The van der Waals surface area contributed by atoms with E-state index in [1.54, 1.807) is 0 Å². The Bertz CT molecular complexity index is 3330. The summed E-state index contributed by atoms with van der Waals surface area (Å²) >= 11 is 1.82. The van der Waals surface area contributed by atoms with E-state index >= 15 is 0 Å². The lowest BCUT2D eigenvalue weighted by molar-refractivity contribution is 0.664. The van der Waals surface area contributed by atoms with Gasteiger partial charge in [-0.25, -0.2) is 4.99 Å². The third kappa shape index (κ3) is 4.14. The predicted octanol–water partition coefficient (Wildman–Crippen LogP) is 13.0. The molecule has 0 spiro atoms. The summed E-state index contributed by atoms with van der Waals surface area (Å²) in [6.45, 7) is 0. The number of hydrogen-bond acceptors (Lipinski definition) is 4. The molecule has 12 rings (SSSR count). The standard InChI is InChI=1S/C48H29N3OS/c1-2-13-28(14-3-1)43-47-44(34-20-9-11-24-41(34)53-47)50-48(49-43)37-26-31-17-6-7-18-32(31)42-35-21-12-23-39(45(35)52-46(37)42)51-38-22-10-8-19-33(38)36-25-29-15-4-5-16-30(29)27-40(36)51/h1-27,43H,(H,49,50). The fourth-order valence-electron chi connectivity index (χ4n) is 8.63. The van der Waals surface area contributed by atoms with E-state index in [0.717, 1.165) is 66.5 Å². The summed E-state index contributed by atoms with van der Waals surface area (Å²) in [5, 5.41) is 14.5. The Hall–Kier alpha value is -6.69. The van der Waals surface area contributed by atoms with Gasteiger partial charge in [-0.15, -0.1) is 11.3 Å². The smallest absolute Gasteiger partial charge is 0.159 e. The van der Waals surface area contributed by atoms with Crippen LogP contribution in [0.1, 0.15) is 22.0 Å². The Morgan fingerprint density at radius 3 is 2.11 bits per heavy atom. The summed E-state index contributed by atoms with van der Waals surface area (Å²) in [4.78, 5) is 6.67. The molecule has 0 saturated heterocycles. The molecule has 0 aliphatic carbocycles. The Morgan fingerprint density at radius 1 is 0.547 bits per heavy atom. The number of furan rings is 1. The number of fused-ring (bicyclic) bond motifs is 12. The highest BCUT2D eigenvalue weighted by molar-refractivity contribution is 7.19. The van der Waals surface area contributed by atoms with Gasteiger partial charge in [0.15, 0.2) is 5.58 Å². The van der Waals surface area contributed by atoms with E-state index in [1.807, 2.05) is 11.3 Å². The van der Waals surface area contributed by atoms with Crippen LogP contribution in [-0.2, 0) is 0 Å². The van der Waals surface area contributed by atoms with E-state index in [9.17, 15) is 0 Å². The van der Waals surface area contributed by atoms with Crippen LogP contribution in [0.2, 0.25) is 0 Å². The van der Waals surface area contributed by atoms with Crippen LogP contribution in [0.15, 0.2) is 173 Å². The summed E-state index contributed by atoms with van der Waals surface area (Å²) in [7, 11) is 0. The van der Waals surface area contributed by atoms with Crippen molar-refractivity contribution in [2.45, 2.75) is 6.04 Å². The predicted molar refractivity (Wildman–Crippen MR) is 223 cm³/mol. The summed E-state index contributed by atoms with van der Waals surface area (Å²) in [6.07, 6.45) is 0. The second-order valence-corrected chi connectivity index (χ2v) is 15.0. The van der Waals surface area contributed by atoms with E-state index in [0.29, 0.717) is 0 Å². The van der Waals surface area contributed by atoms with Gasteiger partial charge in [-0.2, -0.15) is 0 Å². The molecule has 1 aliphatic heterocycles. The van der Waals surface area contributed by atoms with Gasteiger partial charge in [-0.05, 0) is 63.5 Å². The summed E-state index contributed by atoms with van der Waals surface area (Å²) in [5.74, 6) is 0.814. The van der Waals surface area contributed by atoms with Gasteiger partial charge < -0.3 is 14.3 Å². The van der Waals surface area contributed by atoms with Crippen LogP contribution in [0.3, 0.4) is 0 Å². The molecule has 4 heterocycles. The van der Waals surface area contributed by atoms with E-state index in [4.69, 9.17) is 9.41 Å². The van der Waals surface area contributed by atoms with Crippen molar-refractivity contribution >= 4 is 98.2 Å². The molecule has 1 N–H and O–H groups in total. The summed E-state index contributed by atoms with van der Waals surface area (Å²) < 4.78 is 10.9. The molecule has 3 aromatic heterocycles. The molecule has 0 amide bonds. The highest BCUT2D eigenvalue weighted by atomic mass is 32.1. The van der Waals surface area contributed by atoms with Gasteiger partial charge in [0.2, 0.25) is 0 Å². The average Bonchev–Trinajstić information content (AvgIpc) is 3.90. The first-order valence-electron chi connectivity index (χ1n) is 18.0. The first-order valence-corrected chi connectivity index (χ1v) is 18.8. The normalized spacial score (nSPS) is 14.5. The number of hydrogen-bond donors (Lipinski definition) is 1. The second kappa shape index (κ2) is 10.9. The zero-order valence-corrected chi connectivity index (χ0v) is 29.2. The maximum absolute atomic E-state index is 7.24. The topological polar surface area (TPSA) is 42.5 Å². The van der Waals surface area contributed by atoms with Crippen molar-refractivity contribution in [2.24, 2.45) is 4.99 Å². The number of nitrogens with one attached hydrogen (secondary N) is 1. The van der Waals surface area contributed by atoms with E-state index < -0.39 is 0 Å². The van der Waals surface area contributed by atoms with Crippen molar-refractivity contribution in [1.29, 1.82) is 0 Å². The monoisotopic (exact) mass is 695 g/mol. The van der Waals surface area contributed by atoms with Gasteiger partial charge in [0.1, 0.15) is 11.4 Å². The van der Waals surface area contributed by atoms with E-state index in [2.05, 4.69) is 174 Å². The van der Waals surface area contributed by atoms with E-state index in [1.165, 1.54) is 42.1 Å². The largest absolute Gasteiger partial charge is 0.453 e. The van der Waals surface area contributed by atoms with Crippen molar-refractivity contribution in [2.75, 3.05) is 0 Å². The Morgan fingerprint density at radius 2 is 1.25 bits per heavy atom. The maximum Gasteiger partial charge on any atom is 0.159 e. The molecule has 0 bridgehead atoms. The highest BCUT2D eigenvalue weighted by Gasteiger charge is 2.30. The molecule has 11 aromatic rings. The number of thiophene rings is 1. The van der Waals surface area contributed by atoms with Crippen molar-refractivity contribution in [1.82, 2.24) is 9.88 Å². The van der Waals surface area contributed by atoms with Crippen LogP contribution in [0.25, 0.3) is 81.1 Å². The minimum atomic E-state index is -0.0509. The van der Waals surface area contributed by atoms with Crippen LogP contribution >= 0.6 is 11.3 Å². The van der Waals surface area contributed by atoms with Crippen LogP contribution in [0.4, 0.5) is 5.69 Å². The van der Waals surface area contributed by atoms with Crippen molar-refractivity contribution < 1.29 is 4.42 Å². The zero-order valence-electron chi connectivity index (χ0n) is 28.4. The Balaban J connectivity index is 1.17.